The van der Waals surface area contributed by atoms with Crippen LogP contribution in [0.3, 0.4) is 0 Å². The predicted octanol–water partition coefficient (Wildman–Crippen LogP) is 0.761. The van der Waals surface area contributed by atoms with Crippen LogP contribution in [0.1, 0.15) is 0 Å². The molecule has 0 aromatic carbocycles. The molecule has 2 nitrogen and oxygen atoms in total. The number of aliphatic carboxylic acids is 1. The van der Waals surface area contributed by atoms with Gasteiger partial charge in [-0.2, -0.15) is 12.6 Å². The van der Waals surface area contributed by atoms with E-state index in [2.05, 4.69) is 19.6 Å². The van der Waals surface area contributed by atoms with E-state index < -0.39 is 5.97 Å². The third-order valence-corrected chi connectivity index (χ3v) is 0.795. The van der Waals surface area contributed by atoms with Gasteiger partial charge in [0, 0.05) is 11.3 Å². The van der Waals surface area contributed by atoms with Crippen LogP contribution in [-0.4, -0.2) is 16.8 Å². The quantitative estimate of drug-likeness (QED) is 0.429. The van der Waals surface area contributed by atoms with E-state index in [0.717, 1.165) is 0 Å². The number of hydrogen-bond acceptors (Lipinski definition) is 2. The predicted molar refractivity (Wildman–Crippen MR) is 34.9 cm³/mol. The minimum atomic E-state index is -0.987. The SMILES string of the molecule is [CH2]C(=CCS)C(=O)O. The average molecular weight is 131 g/mol. The molecule has 0 fully saturated rings. The fraction of sp³-hybridized carbons (Fsp3) is 0.200. The monoisotopic (exact) mass is 131 g/mol. The Balaban J connectivity index is 3.80. The summed E-state index contributed by atoms with van der Waals surface area (Å²) < 4.78 is 0. The van der Waals surface area contributed by atoms with Gasteiger partial charge in [0.25, 0.3) is 0 Å². The van der Waals surface area contributed by atoms with Gasteiger partial charge < -0.3 is 5.11 Å². The zero-order valence-electron chi connectivity index (χ0n) is 4.29. The van der Waals surface area contributed by atoms with Crippen LogP contribution < -0.4 is 0 Å². The Bertz CT molecular complexity index is 118. The average Bonchev–Trinajstić information content (AvgIpc) is 1.67. The molecular weight excluding hydrogens is 124 g/mol. The molecule has 45 valence electrons. The highest BCUT2D eigenvalue weighted by molar-refractivity contribution is 7.80. The smallest absolute Gasteiger partial charge is 0.331 e. The van der Waals surface area contributed by atoms with E-state index in [1.165, 1.54) is 6.08 Å². The normalized spacial score (nSPS) is 11.5. The van der Waals surface area contributed by atoms with Crippen LogP contribution in [0.5, 0.6) is 0 Å². The van der Waals surface area contributed by atoms with Gasteiger partial charge in [0.15, 0.2) is 0 Å². The number of rotatable bonds is 2. The maximum absolute atomic E-state index is 9.92. The zero-order chi connectivity index (χ0) is 6.57. The van der Waals surface area contributed by atoms with E-state index in [4.69, 9.17) is 5.11 Å². The van der Waals surface area contributed by atoms with Crippen LogP contribution in [0.4, 0.5) is 0 Å². The lowest BCUT2D eigenvalue weighted by molar-refractivity contribution is -0.132. The van der Waals surface area contributed by atoms with Crippen molar-refractivity contribution in [3.63, 3.8) is 0 Å². The van der Waals surface area contributed by atoms with E-state index in [9.17, 15) is 4.79 Å². The Labute approximate surface area is 53.6 Å². The first-order valence-corrected chi connectivity index (χ1v) is 2.68. The maximum atomic E-state index is 9.92. The molecule has 0 rings (SSSR count). The summed E-state index contributed by atoms with van der Waals surface area (Å²) >= 11 is 3.77. The van der Waals surface area contributed by atoms with E-state index in [-0.39, 0.29) is 5.57 Å². The highest BCUT2D eigenvalue weighted by Crippen LogP contribution is 1.90. The molecule has 0 amide bonds. The molecule has 0 aliphatic rings. The van der Waals surface area contributed by atoms with Gasteiger partial charge in [-0.25, -0.2) is 4.79 Å². The van der Waals surface area contributed by atoms with Crippen molar-refractivity contribution in [2.24, 2.45) is 0 Å². The topological polar surface area (TPSA) is 37.3 Å². The Morgan fingerprint density at radius 2 is 2.38 bits per heavy atom. The zero-order valence-corrected chi connectivity index (χ0v) is 5.19. The van der Waals surface area contributed by atoms with Gasteiger partial charge in [-0.3, -0.25) is 0 Å². The molecule has 0 unspecified atom stereocenters. The summed E-state index contributed by atoms with van der Waals surface area (Å²) in [6.45, 7) is 3.24. The standard InChI is InChI=1S/C5H7O2S/c1-4(2-3-8)5(6)7/h2,8H,1,3H2,(H,6,7). The second kappa shape index (κ2) is 3.55. The van der Waals surface area contributed by atoms with Crippen LogP contribution in [-0.2, 0) is 4.79 Å². The Morgan fingerprint density at radius 1 is 1.88 bits per heavy atom. The van der Waals surface area contributed by atoms with Crippen molar-refractivity contribution in [1.29, 1.82) is 0 Å². The first-order valence-electron chi connectivity index (χ1n) is 2.04. The lowest BCUT2D eigenvalue weighted by Crippen LogP contribution is -1.95. The van der Waals surface area contributed by atoms with Crippen molar-refractivity contribution in [3.8, 4) is 0 Å². The largest absolute Gasteiger partial charge is 0.478 e. The Kier molecular flexibility index (Phi) is 3.35. The lowest BCUT2D eigenvalue weighted by atomic mass is 10.3. The number of carboxylic acid groups (broad SMARTS) is 1. The molecule has 0 saturated heterocycles. The van der Waals surface area contributed by atoms with E-state index in [1.54, 1.807) is 0 Å². The van der Waals surface area contributed by atoms with Crippen LogP contribution in [0.25, 0.3) is 0 Å². The van der Waals surface area contributed by atoms with Crippen molar-refractivity contribution < 1.29 is 9.90 Å². The van der Waals surface area contributed by atoms with Crippen LogP contribution in [0.2, 0.25) is 0 Å². The van der Waals surface area contributed by atoms with Gasteiger partial charge in [0.1, 0.15) is 0 Å². The third-order valence-electron chi connectivity index (χ3n) is 0.612. The Hall–Kier alpha value is -0.440. The van der Waals surface area contributed by atoms with Crippen molar-refractivity contribution in [2.75, 3.05) is 5.75 Å². The van der Waals surface area contributed by atoms with Crippen molar-refractivity contribution in [2.45, 2.75) is 0 Å². The van der Waals surface area contributed by atoms with Crippen molar-refractivity contribution in [1.82, 2.24) is 0 Å². The summed E-state index contributed by atoms with van der Waals surface area (Å²) in [5, 5.41) is 8.15. The molecule has 8 heavy (non-hydrogen) atoms. The maximum Gasteiger partial charge on any atom is 0.331 e. The summed E-state index contributed by atoms with van der Waals surface area (Å²) in [6, 6.07) is 0. The van der Waals surface area contributed by atoms with E-state index in [0.29, 0.717) is 5.75 Å². The van der Waals surface area contributed by atoms with Gasteiger partial charge in [0.2, 0.25) is 0 Å². The molecule has 0 bridgehead atoms. The molecule has 1 N–H and O–H groups in total. The molecule has 0 heterocycles. The van der Waals surface area contributed by atoms with Gasteiger partial charge in [-0.05, 0) is 6.92 Å². The second-order valence-corrected chi connectivity index (χ2v) is 1.58. The van der Waals surface area contributed by atoms with Crippen LogP contribution >= 0.6 is 12.6 Å². The lowest BCUT2D eigenvalue weighted by Gasteiger charge is -1.86. The van der Waals surface area contributed by atoms with Crippen LogP contribution in [0.15, 0.2) is 11.6 Å². The first kappa shape index (κ1) is 7.56. The third kappa shape index (κ3) is 2.69. The molecule has 0 aliphatic heterocycles. The molecular formula is C5H7O2S. The number of thiol groups is 1. The molecule has 0 aromatic heterocycles. The molecule has 0 spiro atoms. The molecule has 0 saturated carbocycles. The minimum absolute atomic E-state index is 0.0972. The minimum Gasteiger partial charge on any atom is -0.478 e. The van der Waals surface area contributed by atoms with Gasteiger partial charge in [-0.15, -0.1) is 0 Å². The van der Waals surface area contributed by atoms with Crippen molar-refractivity contribution in [3.05, 3.63) is 18.6 Å². The summed E-state index contributed by atoms with van der Waals surface area (Å²) in [6.07, 6.45) is 1.44. The molecule has 0 atom stereocenters. The summed E-state index contributed by atoms with van der Waals surface area (Å²) in [4.78, 5) is 9.92. The number of hydrogen-bond donors (Lipinski definition) is 2. The van der Waals surface area contributed by atoms with Gasteiger partial charge in [0.05, 0.1) is 0 Å². The van der Waals surface area contributed by atoms with Crippen molar-refractivity contribution >= 4 is 18.6 Å². The summed E-state index contributed by atoms with van der Waals surface area (Å²) in [7, 11) is 0. The van der Waals surface area contributed by atoms with Gasteiger partial charge in [-0.1, -0.05) is 6.08 Å². The molecule has 3 heteroatoms. The molecule has 0 aromatic rings. The van der Waals surface area contributed by atoms with E-state index >= 15 is 0 Å². The van der Waals surface area contributed by atoms with E-state index in [1.807, 2.05) is 0 Å². The highest BCUT2D eigenvalue weighted by Gasteiger charge is 1.95. The molecule has 0 aliphatic carbocycles. The number of carbonyl (C=O) groups is 1. The van der Waals surface area contributed by atoms with Gasteiger partial charge >= 0.3 is 5.97 Å². The molecule has 1 radical (unpaired) electrons. The second-order valence-electron chi connectivity index (χ2n) is 1.22. The first-order chi connectivity index (χ1) is 3.68. The fourth-order valence-electron chi connectivity index (χ4n) is 0.198. The van der Waals surface area contributed by atoms with Crippen LogP contribution in [0, 0.1) is 6.92 Å². The summed E-state index contributed by atoms with van der Waals surface area (Å²) in [5.41, 5.74) is 0.0972. The fourth-order valence-corrected chi connectivity index (χ4v) is 0.418. The highest BCUT2D eigenvalue weighted by atomic mass is 32.1. The number of carboxylic acids is 1. The Morgan fingerprint density at radius 3 is 2.50 bits per heavy atom. The summed E-state index contributed by atoms with van der Waals surface area (Å²) in [5.74, 6) is -0.565.